The van der Waals surface area contributed by atoms with Gasteiger partial charge in [-0.15, -0.1) is 0 Å². The fourth-order valence-corrected chi connectivity index (χ4v) is 0. The fraction of sp³-hybridized carbons (Fsp3) is 0. The molecule has 22 valence electrons. The summed E-state index contributed by atoms with van der Waals surface area (Å²) in [5.74, 6) is 0. The van der Waals surface area contributed by atoms with E-state index >= 15 is 0 Å². The van der Waals surface area contributed by atoms with Crippen LogP contribution in [0.5, 0.6) is 0 Å². The van der Waals surface area contributed by atoms with Gasteiger partial charge in [-0.25, -0.2) is 0 Å². The monoisotopic (exact) mass is 454 g/mol. The summed E-state index contributed by atoms with van der Waals surface area (Å²) >= 11 is 0.611. The Morgan fingerprint density at radius 3 is 1.40 bits per heavy atom. The minimum Gasteiger partial charge on any atom is 0 e. The summed E-state index contributed by atoms with van der Waals surface area (Å²) < 4.78 is 8.28. The van der Waals surface area contributed by atoms with Crippen LogP contribution in [-0.4, -0.2) is 61.7 Å². The first-order valence-corrected chi connectivity index (χ1v) is 0.866. The molecule has 0 aromatic heterocycles. The van der Waals surface area contributed by atoms with Crippen LogP contribution in [0.2, 0.25) is 0 Å². The normalized spacial score (nSPS) is 0.600. The van der Waals surface area contributed by atoms with Crippen molar-refractivity contribution in [3.63, 3.8) is 0 Å². The molecule has 5 heavy (non-hydrogen) atoms. The van der Waals surface area contributed by atoms with Gasteiger partial charge < -0.3 is 2.85 Å². The van der Waals surface area contributed by atoms with Gasteiger partial charge in [-0.05, 0) is 0 Å². The molecule has 0 rings (SSSR count). The quantitative estimate of drug-likeness (QED) is 0.434. The molecular formula is H3AlLaOSrTa. The standard InChI is InChI=1S/Al.La.O.Sr.Ta.3H/q;;;+2;;;2*-1. The van der Waals surface area contributed by atoms with Crippen LogP contribution < -0.4 is 0 Å². The van der Waals surface area contributed by atoms with Gasteiger partial charge >= 0.3 is 65.5 Å². The predicted molar refractivity (Wildman–Crippen MR) is 15.8 cm³/mol. The molecule has 0 unspecified atom stereocenters. The van der Waals surface area contributed by atoms with Gasteiger partial charge in [0, 0.05) is 58.0 Å². The molecule has 0 fully saturated rings. The molecule has 0 aromatic carbocycles. The Kier molecular flexibility index (Phi) is 117. The van der Waals surface area contributed by atoms with E-state index in [1.165, 1.54) is 0 Å². The largest absolute Gasteiger partial charge is 2.00 e. The zero-order valence-corrected chi connectivity index (χ0v) is 14.6. The Balaban J connectivity index is -0.000000000500. The second-order valence-electron chi connectivity index (χ2n) is 0. The molecule has 0 N–H and O–H groups in total. The summed E-state index contributed by atoms with van der Waals surface area (Å²) in [5, 5.41) is 0. The second kappa shape index (κ2) is 25.1. The van der Waals surface area contributed by atoms with Crippen LogP contribution in [-0.2, 0) is 26.2 Å². The van der Waals surface area contributed by atoms with E-state index in [0.29, 0.717) is 16.2 Å². The first kappa shape index (κ1) is 23.3. The molecule has 1 nitrogen and oxygen atoms in total. The minimum atomic E-state index is 0. The molecule has 0 heterocycles. The molecule has 0 aliphatic rings. The third-order valence-electron chi connectivity index (χ3n) is 0. The summed E-state index contributed by atoms with van der Waals surface area (Å²) in [6.07, 6.45) is 0. The van der Waals surface area contributed by atoms with Gasteiger partial charge in [0.2, 0.25) is 0 Å². The van der Waals surface area contributed by atoms with Crippen LogP contribution in [0.4, 0.5) is 0 Å². The molecule has 0 saturated carbocycles. The van der Waals surface area contributed by atoms with Gasteiger partial charge in [0.25, 0.3) is 0 Å². The van der Waals surface area contributed by atoms with Crippen molar-refractivity contribution in [3.8, 4) is 0 Å². The van der Waals surface area contributed by atoms with Gasteiger partial charge in [0.05, 0.1) is 0 Å². The van der Waals surface area contributed by atoms with Crippen molar-refractivity contribution in [2.45, 2.75) is 0 Å². The third-order valence-corrected chi connectivity index (χ3v) is 0. The molecular weight excluding hydrogens is 450 g/mol. The Bertz CT molecular complexity index is 17.7. The molecule has 0 atom stereocenters. The molecule has 5 heteroatoms. The molecule has 0 bridgehead atoms. The zero-order chi connectivity index (χ0) is 2.00. The van der Waals surface area contributed by atoms with E-state index in [4.69, 9.17) is 3.80 Å². The Morgan fingerprint density at radius 1 is 1.40 bits per heavy atom. The van der Waals surface area contributed by atoms with Crippen molar-refractivity contribution >= 4 is 61.7 Å². The van der Waals surface area contributed by atoms with E-state index in [1.807, 2.05) is 0 Å². The molecule has 0 spiro atoms. The predicted octanol–water partition coefficient (Wildman–Crippen LogP) is -0.926. The van der Waals surface area contributed by atoms with Gasteiger partial charge in [0.15, 0.2) is 0 Å². The molecule has 0 saturated heterocycles. The number of hydrogen-bond donors (Lipinski definition) is 0. The molecule has 0 aromatic rings. The third kappa shape index (κ3) is 18.2. The summed E-state index contributed by atoms with van der Waals surface area (Å²) in [6.45, 7) is 0. The number of rotatable bonds is 0. The van der Waals surface area contributed by atoms with E-state index in [1.54, 1.807) is 0 Å². The summed E-state index contributed by atoms with van der Waals surface area (Å²) in [7, 11) is 0. The van der Waals surface area contributed by atoms with Crippen LogP contribution in [0.25, 0.3) is 0 Å². The van der Waals surface area contributed by atoms with E-state index in [9.17, 15) is 0 Å². The zero-order valence-electron chi connectivity index (χ0n) is 4.85. The average Bonchev–Trinajstić information content (AvgIpc) is 1.00. The summed E-state index contributed by atoms with van der Waals surface area (Å²) in [4.78, 5) is 0. The first-order chi connectivity index (χ1) is 1.00. The van der Waals surface area contributed by atoms with Crippen molar-refractivity contribution in [3.05, 3.63) is 0 Å². The van der Waals surface area contributed by atoms with Gasteiger partial charge in [-0.3, -0.25) is 0 Å². The van der Waals surface area contributed by atoms with E-state index in [-0.39, 0.29) is 106 Å². The Labute approximate surface area is 123 Å². The van der Waals surface area contributed by atoms with Crippen LogP contribution in [0.3, 0.4) is 0 Å². The van der Waals surface area contributed by atoms with Crippen molar-refractivity contribution in [2.75, 3.05) is 0 Å². The minimum absolute atomic E-state index is 0. The molecule has 2 radical (unpaired) electrons. The fourth-order valence-electron chi connectivity index (χ4n) is 0. The van der Waals surface area contributed by atoms with E-state index in [2.05, 4.69) is 0 Å². The van der Waals surface area contributed by atoms with Crippen molar-refractivity contribution in [1.82, 2.24) is 0 Å². The molecule has 0 amide bonds. The second-order valence-corrected chi connectivity index (χ2v) is 0. The van der Waals surface area contributed by atoms with E-state index in [0.717, 1.165) is 0 Å². The summed E-state index contributed by atoms with van der Waals surface area (Å²) in [6, 6.07) is 0. The van der Waals surface area contributed by atoms with Crippen molar-refractivity contribution in [2.24, 2.45) is 0 Å². The SMILES string of the molecule is [H-].[H-].[La].[O]=[AlH].[Sr+2].[Ta]. The smallest absolute Gasteiger partial charge is 0 e. The maximum absolute atomic E-state index is 8.28. The van der Waals surface area contributed by atoms with Crippen LogP contribution in [0, 0.1) is 35.6 Å². The average molecular weight is 453 g/mol. The maximum atomic E-state index is 8.28. The number of hydrogen-bond acceptors (Lipinski definition) is 1. The van der Waals surface area contributed by atoms with Crippen LogP contribution in [0.1, 0.15) is 2.85 Å². The Morgan fingerprint density at radius 2 is 1.40 bits per heavy atom. The molecule has 0 aliphatic heterocycles. The Hall–Kier alpha value is 3.75. The maximum Gasteiger partial charge on any atom is 2.00 e. The van der Waals surface area contributed by atoms with Gasteiger partial charge in [0.1, 0.15) is 0 Å². The van der Waals surface area contributed by atoms with Gasteiger partial charge in [-0.1, -0.05) is 0 Å². The molecule has 0 aliphatic carbocycles. The van der Waals surface area contributed by atoms with E-state index < -0.39 is 0 Å². The topological polar surface area (TPSA) is 17.1 Å². The van der Waals surface area contributed by atoms with Crippen LogP contribution in [0.15, 0.2) is 0 Å². The van der Waals surface area contributed by atoms with Crippen molar-refractivity contribution in [1.29, 1.82) is 0 Å². The van der Waals surface area contributed by atoms with Gasteiger partial charge in [-0.2, -0.15) is 0 Å². The summed E-state index contributed by atoms with van der Waals surface area (Å²) in [5.41, 5.74) is 0. The first-order valence-electron chi connectivity index (χ1n) is 0.289. The van der Waals surface area contributed by atoms with Crippen LogP contribution >= 0.6 is 0 Å². The van der Waals surface area contributed by atoms with Crippen molar-refractivity contribution < 1.29 is 64.6 Å².